The van der Waals surface area contributed by atoms with Crippen LogP contribution in [0.1, 0.15) is 17.4 Å². The number of anilines is 1. The van der Waals surface area contributed by atoms with Crippen molar-refractivity contribution in [1.29, 1.82) is 0 Å². The van der Waals surface area contributed by atoms with Crippen molar-refractivity contribution < 1.29 is 18.6 Å². The zero-order valence-corrected chi connectivity index (χ0v) is 12.1. The molecule has 0 saturated heterocycles. The van der Waals surface area contributed by atoms with E-state index in [2.05, 4.69) is 5.32 Å². The number of aryl methyl sites for hydroxylation is 1. The molecule has 0 bridgehead atoms. The third kappa shape index (κ3) is 2.42. The summed E-state index contributed by atoms with van der Waals surface area (Å²) >= 11 is 1.29. The molecular formula is C14H15F2NO2S. The molecule has 0 fully saturated rings. The number of hydrogen-bond donors (Lipinski definition) is 2. The van der Waals surface area contributed by atoms with E-state index < -0.39 is 17.9 Å². The van der Waals surface area contributed by atoms with Gasteiger partial charge in [-0.05, 0) is 12.5 Å². The molecule has 108 valence electrons. The summed E-state index contributed by atoms with van der Waals surface area (Å²) in [4.78, 5) is 0. The number of halogens is 2. The number of nitrogens with one attached hydrogen (secondary N) is 1. The van der Waals surface area contributed by atoms with Crippen molar-refractivity contribution in [2.24, 2.45) is 0 Å². The van der Waals surface area contributed by atoms with Crippen LogP contribution in [0.3, 0.4) is 0 Å². The number of benzene rings is 1. The van der Waals surface area contributed by atoms with E-state index in [9.17, 15) is 13.9 Å². The topological polar surface area (TPSA) is 41.5 Å². The molecule has 1 aromatic heterocycles. The van der Waals surface area contributed by atoms with Gasteiger partial charge in [0.1, 0.15) is 0 Å². The Balaban J connectivity index is 2.64. The third-order valence-electron chi connectivity index (χ3n) is 3.09. The highest BCUT2D eigenvalue weighted by Crippen LogP contribution is 2.41. The average molecular weight is 299 g/mol. The lowest BCUT2D eigenvalue weighted by molar-refractivity contribution is -0.0758. The van der Waals surface area contributed by atoms with Gasteiger partial charge in [-0.2, -0.15) is 0 Å². The second-order valence-corrected chi connectivity index (χ2v) is 5.17. The molecule has 0 aliphatic rings. The Morgan fingerprint density at radius 2 is 1.95 bits per heavy atom. The fourth-order valence-corrected chi connectivity index (χ4v) is 2.93. The van der Waals surface area contributed by atoms with E-state index in [4.69, 9.17) is 4.74 Å². The summed E-state index contributed by atoms with van der Waals surface area (Å²) < 4.78 is 32.7. The summed E-state index contributed by atoms with van der Waals surface area (Å²) in [5, 5.41) is 15.1. The van der Waals surface area contributed by atoms with Crippen molar-refractivity contribution in [3.05, 3.63) is 40.3 Å². The monoisotopic (exact) mass is 299 g/mol. The molecule has 1 heterocycles. The molecule has 1 unspecified atom stereocenters. The Hall–Kier alpha value is -1.50. The molecule has 2 rings (SSSR count). The van der Waals surface area contributed by atoms with Gasteiger partial charge in [-0.15, -0.1) is 11.3 Å². The van der Waals surface area contributed by atoms with E-state index in [1.54, 1.807) is 12.4 Å². The highest BCUT2D eigenvalue weighted by atomic mass is 32.1. The maximum absolute atomic E-state index is 14.1. The molecule has 1 aromatic carbocycles. The number of ether oxygens (including phenoxy) is 1. The van der Waals surface area contributed by atoms with Crippen molar-refractivity contribution in [3.8, 4) is 11.1 Å². The smallest absolute Gasteiger partial charge is 0.184 e. The Kier molecular flexibility index (Phi) is 4.37. The SMILES string of the molecule is CNc1scc(-c2ccc(C)c(F)c2F)c1C(O)OC. The number of aliphatic hydroxyl groups excluding tert-OH is 1. The summed E-state index contributed by atoms with van der Waals surface area (Å²) in [6.07, 6.45) is -1.21. The van der Waals surface area contributed by atoms with Gasteiger partial charge < -0.3 is 15.2 Å². The van der Waals surface area contributed by atoms with Gasteiger partial charge in [-0.25, -0.2) is 8.78 Å². The quantitative estimate of drug-likeness (QED) is 0.846. The lowest BCUT2D eigenvalue weighted by Crippen LogP contribution is -2.04. The van der Waals surface area contributed by atoms with Gasteiger partial charge in [0.2, 0.25) is 0 Å². The molecule has 2 N–H and O–H groups in total. The highest BCUT2D eigenvalue weighted by Gasteiger charge is 2.23. The Labute approximate surface area is 119 Å². The molecule has 0 radical (unpaired) electrons. The number of methoxy groups -OCH3 is 1. The molecule has 1 atom stereocenters. The third-order valence-corrected chi connectivity index (χ3v) is 4.11. The van der Waals surface area contributed by atoms with E-state index in [-0.39, 0.29) is 11.1 Å². The van der Waals surface area contributed by atoms with Crippen LogP contribution >= 0.6 is 11.3 Å². The molecule has 0 spiro atoms. The van der Waals surface area contributed by atoms with E-state index >= 15 is 0 Å². The van der Waals surface area contributed by atoms with E-state index in [1.807, 2.05) is 0 Å². The molecule has 0 saturated carbocycles. The molecule has 0 aliphatic heterocycles. The second-order valence-electron chi connectivity index (χ2n) is 4.29. The summed E-state index contributed by atoms with van der Waals surface area (Å²) in [6, 6.07) is 3.01. The van der Waals surface area contributed by atoms with Gasteiger partial charge in [0.15, 0.2) is 17.9 Å². The maximum atomic E-state index is 14.1. The van der Waals surface area contributed by atoms with Crippen LogP contribution in [0, 0.1) is 18.6 Å². The minimum absolute atomic E-state index is 0.108. The van der Waals surface area contributed by atoms with E-state index in [1.165, 1.54) is 37.5 Å². The normalized spacial score (nSPS) is 12.5. The van der Waals surface area contributed by atoms with Gasteiger partial charge in [0, 0.05) is 36.2 Å². The van der Waals surface area contributed by atoms with E-state index in [0.717, 1.165) is 0 Å². The van der Waals surface area contributed by atoms with Crippen LogP contribution in [0.2, 0.25) is 0 Å². The first kappa shape index (κ1) is 14.9. The average Bonchev–Trinajstić information content (AvgIpc) is 2.87. The lowest BCUT2D eigenvalue weighted by atomic mass is 10.0. The first-order valence-corrected chi connectivity index (χ1v) is 6.84. The van der Waals surface area contributed by atoms with Gasteiger partial charge in [0.05, 0.1) is 5.00 Å². The van der Waals surface area contributed by atoms with Gasteiger partial charge >= 0.3 is 0 Å². The fourth-order valence-electron chi connectivity index (χ4n) is 1.99. The van der Waals surface area contributed by atoms with Crippen molar-refractivity contribution in [3.63, 3.8) is 0 Å². The number of hydrogen-bond acceptors (Lipinski definition) is 4. The Bertz CT molecular complexity index is 628. The van der Waals surface area contributed by atoms with Crippen LogP contribution in [0.4, 0.5) is 13.8 Å². The zero-order valence-electron chi connectivity index (χ0n) is 11.3. The van der Waals surface area contributed by atoms with E-state index in [0.29, 0.717) is 16.1 Å². The molecule has 2 aromatic rings. The highest BCUT2D eigenvalue weighted by molar-refractivity contribution is 7.14. The predicted octanol–water partition coefficient (Wildman–Crippen LogP) is 3.68. The summed E-state index contributed by atoms with van der Waals surface area (Å²) in [5.74, 6) is -1.80. The van der Waals surface area contributed by atoms with Crippen LogP contribution in [-0.4, -0.2) is 19.3 Å². The molecule has 20 heavy (non-hydrogen) atoms. The summed E-state index contributed by atoms with van der Waals surface area (Å²) in [5.41, 5.74) is 1.17. The number of thiophene rings is 1. The molecule has 0 aliphatic carbocycles. The van der Waals surface area contributed by atoms with Crippen molar-refractivity contribution in [2.75, 3.05) is 19.5 Å². The van der Waals surface area contributed by atoms with Crippen LogP contribution < -0.4 is 5.32 Å². The van der Waals surface area contributed by atoms with Crippen LogP contribution in [0.25, 0.3) is 11.1 Å². The van der Waals surface area contributed by atoms with Crippen LogP contribution in [0.15, 0.2) is 17.5 Å². The zero-order chi connectivity index (χ0) is 14.9. The Morgan fingerprint density at radius 3 is 2.55 bits per heavy atom. The first-order valence-electron chi connectivity index (χ1n) is 5.96. The standard InChI is InChI=1S/C14H15F2NO2S/c1-7-4-5-8(12(16)11(7)15)9-6-20-13(17-2)10(9)14(18)19-3/h4-6,14,17-18H,1-3H3. The second kappa shape index (κ2) is 5.87. The van der Waals surface area contributed by atoms with Crippen molar-refractivity contribution >= 4 is 16.3 Å². The van der Waals surface area contributed by atoms with Crippen LogP contribution in [-0.2, 0) is 4.74 Å². The molecule has 6 heteroatoms. The first-order chi connectivity index (χ1) is 9.51. The lowest BCUT2D eigenvalue weighted by Gasteiger charge is -2.14. The maximum Gasteiger partial charge on any atom is 0.184 e. The fraction of sp³-hybridized carbons (Fsp3) is 0.286. The minimum Gasteiger partial charge on any atom is -0.380 e. The van der Waals surface area contributed by atoms with Crippen molar-refractivity contribution in [2.45, 2.75) is 13.2 Å². The van der Waals surface area contributed by atoms with Gasteiger partial charge in [-0.1, -0.05) is 12.1 Å². The molecular weight excluding hydrogens is 284 g/mol. The number of aliphatic hydroxyl groups is 1. The minimum atomic E-state index is -1.21. The summed E-state index contributed by atoms with van der Waals surface area (Å²) in [7, 11) is 3.03. The van der Waals surface area contributed by atoms with Gasteiger partial charge in [0.25, 0.3) is 0 Å². The largest absolute Gasteiger partial charge is 0.380 e. The van der Waals surface area contributed by atoms with Gasteiger partial charge in [-0.3, -0.25) is 0 Å². The molecule has 0 amide bonds. The van der Waals surface area contributed by atoms with Crippen LogP contribution in [0.5, 0.6) is 0 Å². The predicted molar refractivity (Wildman–Crippen MR) is 75.9 cm³/mol. The summed E-state index contributed by atoms with van der Waals surface area (Å²) in [6.45, 7) is 1.50. The Morgan fingerprint density at radius 1 is 1.25 bits per heavy atom. The number of rotatable bonds is 4. The van der Waals surface area contributed by atoms with Crippen molar-refractivity contribution in [1.82, 2.24) is 0 Å². The molecule has 3 nitrogen and oxygen atoms in total.